The van der Waals surface area contributed by atoms with Gasteiger partial charge in [0.1, 0.15) is 0 Å². The third-order valence-electron chi connectivity index (χ3n) is 4.17. The van der Waals surface area contributed by atoms with Crippen LogP contribution in [0.4, 0.5) is 0 Å². The smallest absolute Gasteiger partial charge is 0.0484 e. The molecule has 2 unspecified atom stereocenters. The molecule has 2 atom stereocenters. The summed E-state index contributed by atoms with van der Waals surface area (Å²) in [5.74, 6) is 0.669. The van der Waals surface area contributed by atoms with Crippen LogP contribution in [0.25, 0.3) is 0 Å². The Bertz CT molecular complexity index is 383. The molecule has 0 amide bonds. The number of likely N-dealkylation sites (tertiary alicyclic amines) is 1. The van der Waals surface area contributed by atoms with Gasteiger partial charge in [0.25, 0.3) is 0 Å². The summed E-state index contributed by atoms with van der Waals surface area (Å²) in [6.07, 6.45) is 5.44. The molecular weight excluding hydrogens is 228 g/mol. The number of nitrogens with zero attached hydrogens (tertiary/aromatic N) is 1. The first-order chi connectivity index (χ1) is 8.29. The molecule has 1 aliphatic carbocycles. The van der Waals surface area contributed by atoms with Gasteiger partial charge in [-0.1, -0.05) is 0 Å². The van der Waals surface area contributed by atoms with Gasteiger partial charge in [-0.2, -0.15) is 0 Å². The summed E-state index contributed by atoms with van der Waals surface area (Å²) in [7, 11) is 0. The van der Waals surface area contributed by atoms with Gasteiger partial charge in [-0.25, -0.2) is 0 Å². The highest BCUT2D eigenvalue weighted by atomic mass is 32.1. The zero-order valence-corrected chi connectivity index (χ0v) is 11.4. The van der Waals surface area contributed by atoms with Gasteiger partial charge >= 0.3 is 0 Å². The van der Waals surface area contributed by atoms with Crippen LogP contribution < -0.4 is 5.73 Å². The number of hydrogen-bond donors (Lipinski definition) is 1. The van der Waals surface area contributed by atoms with E-state index in [0.717, 1.165) is 12.6 Å². The Morgan fingerprint density at radius 1 is 1.35 bits per heavy atom. The van der Waals surface area contributed by atoms with E-state index < -0.39 is 0 Å². The number of nitrogens with two attached hydrogens (primary N) is 1. The predicted molar refractivity (Wildman–Crippen MR) is 73.3 cm³/mol. The molecule has 1 saturated heterocycles. The van der Waals surface area contributed by atoms with Crippen LogP contribution in [0.1, 0.15) is 41.5 Å². The minimum absolute atomic E-state index is 0.611. The van der Waals surface area contributed by atoms with Gasteiger partial charge in [-0.3, -0.25) is 4.90 Å². The number of thiophene rings is 1. The lowest BCUT2D eigenvalue weighted by Gasteiger charge is -2.41. The zero-order valence-electron chi connectivity index (χ0n) is 10.6. The van der Waals surface area contributed by atoms with E-state index in [1.807, 2.05) is 11.3 Å². The maximum absolute atomic E-state index is 6.00. The SMILES string of the molecule is Cc1ccc(C2C(CN)CCCN2C2CC2)s1. The largest absolute Gasteiger partial charge is 0.330 e. The van der Waals surface area contributed by atoms with Crippen LogP contribution in [0.5, 0.6) is 0 Å². The fraction of sp³-hybridized carbons (Fsp3) is 0.714. The van der Waals surface area contributed by atoms with E-state index in [-0.39, 0.29) is 0 Å². The van der Waals surface area contributed by atoms with Crippen molar-refractivity contribution < 1.29 is 0 Å². The minimum atomic E-state index is 0.611. The van der Waals surface area contributed by atoms with Crippen molar-refractivity contribution >= 4 is 11.3 Å². The second-order valence-electron chi connectivity index (χ2n) is 5.50. The van der Waals surface area contributed by atoms with E-state index in [9.17, 15) is 0 Å². The van der Waals surface area contributed by atoms with Crippen molar-refractivity contribution in [3.8, 4) is 0 Å². The molecule has 0 radical (unpaired) electrons. The molecule has 94 valence electrons. The number of hydrogen-bond acceptors (Lipinski definition) is 3. The second kappa shape index (κ2) is 4.71. The van der Waals surface area contributed by atoms with Gasteiger partial charge in [0.15, 0.2) is 0 Å². The molecule has 2 fully saturated rings. The highest BCUT2D eigenvalue weighted by Gasteiger charge is 2.40. The van der Waals surface area contributed by atoms with Crippen molar-refractivity contribution in [2.75, 3.05) is 13.1 Å². The van der Waals surface area contributed by atoms with Crippen molar-refractivity contribution in [3.05, 3.63) is 21.9 Å². The summed E-state index contributed by atoms with van der Waals surface area (Å²) in [6, 6.07) is 6.05. The first-order valence-corrected chi connectivity index (χ1v) is 7.63. The minimum Gasteiger partial charge on any atom is -0.330 e. The predicted octanol–water partition coefficient (Wildman–Crippen LogP) is 2.93. The van der Waals surface area contributed by atoms with Crippen molar-refractivity contribution in [1.82, 2.24) is 4.90 Å². The topological polar surface area (TPSA) is 29.3 Å². The number of rotatable bonds is 3. The van der Waals surface area contributed by atoms with Crippen molar-refractivity contribution in [3.63, 3.8) is 0 Å². The lowest BCUT2D eigenvalue weighted by molar-refractivity contribution is 0.0904. The zero-order chi connectivity index (χ0) is 11.8. The quantitative estimate of drug-likeness (QED) is 0.893. The maximum atomic E-state index is 6.00. The first kappa shape index (κ1) is 11.7. The third kappa shape index (κ3) is 2.28. The molecule has 17 heavy (non-hydrogen) atoms. The fourth-order valence-corrected chi connectivity index (χ4v) is 4.27. The number of piperidine rings is 1. The van der Waals surface area contributed by atoms with Crippen molar-refractivity contribution in [1.29, 1.82) is 0 Å². The van der Waals surface area contributed by atoms with Crippen LogP contribution in [-0.2, 0) is 0 Å². The Kier molecular flexibility index (Phi) is 3.24. The maximum Gasteiger partial charge on any atom is 0.0484 e. The normalized spacial score (nSPS) is 30.7. The molecule has 3 heteroatoms. The summed E-state index contributed by atoms with van der Waals surface area (Å²) < 4.78 is 0. The van der Waals surface area contributed by atoms with Gasteiger partial charge in [0.2, 0.25) is 0 Å². The summed E-state index contributed by atoms with van der Waals surface area (Å²) in [5.41, 5.74) is 6.00. The molecule has 2 heterocycles. The van der Waals surface area contributed by atoms with Crippen LogP contribution in [-0.4, -0.2) is 24.0 Å². The molecule has 2 N–H and O–H groups in total. The second-order valence-corrected chi connectivity index (χ2v) is 6.82. The van der Waals surface area contributed by atoms with E-state index >= 15 is 0 Å². The Morgan fingerprint density at radius 2 is 2.18 bits per heavy atom. The van der Waals surface area contributed by atoms with Crippen molar-refractivity contribution in [2.45, 2.75) is 44.7 Å². The molecule has 1 aliphatic heterocycles. The summed E-state index contributed by atoms with van der Waals surface area (Å²) >= 11 is 1.97. The monoisotopic (exact) mass is 250 g/mol. The summed E-state index contributed by atoms with van der Waals surface area (Å²) in [4.78, 5) is 5.72. The van der Waals surface area contributed by atoms with Gasteiger partial charge in [0.05, 0.1) is 0 Å². The molecule has 2 nitrogen and oxygen atoms in total. The molecule has 1 saturated carbocycles. The lowest BCUT2D eigenvalue weighted by Crippen LogP contribution is -2.42. The van der Waals surface area contributed by atoms with Crippen LogP contribution in [0, 0.1) is 12.8 Å². The average molecular weight is 250 g/mol. The molecule has 2 aliphatic rings. The Morgan fingerprint density at radius 3 is 2.76 bits per heavy atom. The number of aryl methyl sites for hydroxylation is 1. The van der Waals surface area contributed by atoms with E-state index in [1.54, 1.807) is 4.88 Å². The van der Waals surface area contributed by atoms with Gasteiger partial charge in [0, 0.05) is 21.8 Å². The van der Waals surface area contributed by atoms with E-state index in [1.165, 1.54) is 37.1 Å². The Balaban J connectivity index is 1.88. The standard InChI is InChI=1S/C14H22N2S/c1-10-4-7-13(17-10)14-11(9-15)3-2-8-16(14)12-5-6-12/h4,7,11-12,14H,2-3,5-6,8-9,15H2,1H3. The van der Waals surface area contributed by atoms with Crippen LogP contribution in [0.2, 0.25) is 0 Å². The fourth-order valence-electron chi connectivity index (χ4n) is 3.17. The molecular formula is C14H22N2S. The van der Waals surface area contributed by atoms with E-state index in [2.05, 4.69) is 24.0 Å². The van der Waals surface area contributed by atoms with Crippen LogP contribution in [0.15, 0.2) is 12.1 Å². The van der Waals surface area contributed by atoms with Crippen LogP contribution >= 0.6 is 11.3 Å². The highest BCUT2D eigenvalue weighted by Crippen LogP contribution is 2.44. The molecule has 0 spiro atoms. The average Bonchev–Trinajstić information content (AvgIpc) is 3.11. The molecule has 3 rings (SSSR count). The summed E-state index contributed by atoms with van der Waals surface area (Å²) in [5, 5.41) is 0. The van der Waals surface area contributed by atoms with Crippen LogP contribution in [0.3, 0.4) is 0 Å². The van der Waals surface area contributed by atoms with Gasteiger partial charge in [-0.05, 0) is 63.7 Å². The Hall–Kier alpha value is -0.380. The Labute approximate surface area is 108 Å². The van der Waals surface area contributed by atoms with Crippen molar-refractivity contribution in [2.24, 2.45) is 11.7 Å². The lowest BCUT2D eigenvalue weighted by atomic mass is 9.88. The van der Waals surface area contributed by atoms with Gasteiger partial charge in [-0.15, -0.1) is 11.3 Å². The van der Waals surface area contributed by atoms with E-state index in [4.69, 9.17) is 5.73 Å². The highest BCUT2D eigenvalue weighted by molar-refractivity contribution is 7.12. The summed E-state index contributed by atoms with van der Waals surface area (Å²) in [6.45, 7) is 4.32. The first-order valence-electron chi connectivity index (χ1n) is 6.81. The molecule has 1 aromatic heterocycles. The molecule has 1 aromatic rings. The third-order valence-corrected chi connectivity index (χ3v) is 5.24. The van der Waals surface area contributed by atoms with Gasteiger partial charge < -0.3 is 5.73 Å². The molecule has 0 bridgehead atoms. The molecule has 0 aromatic carbocycles. The van der Waals surface area contributed by atoms with E-state index in [0.29, 0.717) is 12.0 Å².